The molecule has 170 valence electrons. The second-order valence-electron chi connectivity index (χ2n) is 7.58. The number of hydrogen-bond donors (Lipinski definition) is 0. The number of carbonyl (C=O) groups excluding carboxylic acids is 1. The molecule has 0 unspecified atom stereocenters. The second kappa shape index (κ2) is 8.15. The molecule has 0 fully saturated rings. The zero-order valence-corrected chi connectivity index (χ0v) is 17.4. The van der Waals surface area contributed by atoms with Crippen molar-refractivity contribution in [2.24, 2.45) is 0 Å². The van der Waals surface area contributed by atoms with Crippen molar-refractivity contribution in [2.75, 3.05) is 0 Å². The van der Waals surface area contributed by atoms with E-state index in [0.29, 0.717) is 0 Å². The number of nitrogens with zero attached hydrogens (tertiary/aromatic N) is 4. The minimum atomic E-state index is -1.21. The summed E-state index contributed by atoms with van der Waals surface area (Å²) < 4.78 is 57.0. The van der Waals surface area contributed by atoms with Crippen molar-refractivity contribution in [3.8, 4) is 5.69 Å². The molecule has 4 rings (SSSR count). The fourth-order valence-corrected chi connectivity index (χ4v) is 3.50. The standard InChI is InChI=1S/C22H16F4N4O3/c1-11(2)29-21(32)19-20(30(22(29)33)13-4-6-15(24)17(26)8-13)27-10-28(19)9-18(31)12-3-5-14(23)16(25)7-12/h3-8,10-11H,9H2,1-2H3. The quantitative estimate of drug-likeness (QED) is 0.338. The lowest BCUT2D eigenvalue weighted by molar-refractivity contribution is 0.0972. The van der Waals surface area contributed by atoms with Crippen LogP contribution in [0.4, 0.5) is 17.6 Å². The van der Waals surface area contributed by atoms with Gasteiger partial charge in [0.1, 0.15) is 0 Å². The van der Waals surface area contributed by atoms with E-state index in [4.69, 9.17) is 0 Å². The first-order valence-corrected chi connectivity index (χ1v) is 9.76. The summed E-state index contributed by atoms with van der Waals surface area (Å²) in [4.78, 5) is 42.9. The number of carbonyl (C=O) groups is 1. The number of halogens is 4. The van der Waals surface area contributed by atoms with E-state index in [0.717, 1.165) is 56.4 Å². The summed E-state index contributed by atoms with van der Waals surface area (Å²) in [5.41, 5.74) is -2.11. The van der Waals surface area contributed by atoms with Gasteiger partial charge in [0.15, 0.2) is 40.2 Å². The topological polar surface area (TPSA) is 78.9 Å². The Hall–Kier alpha value is -4.02. The number of aromatic nitrogens is 4. The fraction of sp³-hybridized carbons (Fsp3) is 0.182. The van der Waals surface area contributed by atoms with Gasteiger partial charge in [-0.05, 0) is 44.2 Å². The van der Waals surface area contributed by atoms with Crippen molar-refractivity contribution >= 4 is 16.9 Å². The Morgan fingerprint density at radius 1 is 0.939 bits per heavy atom. The Kier molecular flexibility index (Phi) is 5.48. The third kappa shape index (κ3) is 3.75. The molecular weight excluding hydrogens is 444 g/mol. The molecule has 11 heteroatoms. The number of imidazole rings is 1. The summed E-state index contributed by atoms with van der Waals surface area (Å²) in [6, 6.07) is 4.80. The lowest BCUT2D eigenvalue weighted by Gasteiger charge is -2.15. The zero-order valence-electron chi connectivity index (χ0n) is 17.4. The summed E-state index contributed by atoms with van der Waals surface area (Å²) in [5.74, 6) is -5.29. The Bertz CT molecular complexity index is 1540. The highest BCUT2D eigenvalue weighted by Crippen LogP contribution is 2.18. The number of hydrogen-bond acceptors (Lipinski definition) is 4. The van der Waals surface area contributed by atoms with Gasteiger partial charge >= 0.3 is 5.69 Å². The van der Waals surface area contributed by atoms with E-state index >= 15 is 0 Å². The van der Waals surface area contributed by atoms with Crippen LogP contribution in [0.25, 0.3) is 16.9 Å². The van der Waals surface area contributed by atoms with Gasteiger partial charge < -0.3 is 4.57 Å². The number of fused-ring (bicyclic) bond motifs is 1. The van der Waals surface area contributed by atoms with Crippen molar-refractivity contribution < 1.29 is 22.4 Å². The normalized spacial score (nSPS) is 11.5. The summed E-state index contributed by atoms with van der Waals surface area (Å²) in [7, 11) is 0. The van der Waals surface area contributed by atoms with Crippen LogP contribution in [0.15, 0.2) is 52.3 Å². The van der Waals surface area contributed by atoms with E-state index < -0.39 is 52.9 Å². The molecule has 7 nitrogen and oxygen atoms in total. The molecule has 0 aliphatic carbocycles. The Labute approximate surface area is 183 Å². The zero-order chi connectivity index (χ0) is 24.0. The average Bonchev–Trinajstić information content (AvgIpc) is 3.15. The van der Waals surface area contributed by atoms with E-state index in [9.17, 15) is 31.9 Å². The molecule has 0 N–H and O–H groups in total. The maximum atomic E-state index is 13.9. The van der Waals surface area contributed by atoms with Crippen LogP contribution in [-0.4, -0.2) is 24.5 Å². The van der Waals surface area contributed by atoms with E-state index in [-0.39, 0.29) is 22.4 Å². The largest absolute Gasteiger partial charge is 0.337 e. The molecule has 0 saturated carbocycles. The molecular formula is C22H16F4N4O3. The van der Waals surface area contributed by atoms with Gasteiger partial charge in [0, 0.05) is 17.7 Å². The molecule has 0 aliphatic heterocycles. The molecule has 2 heterocycles. The fourth-order valence-electron chi connectivity index (χ4n) is 3.50. The monoisotopic (exact) mass is 460 g/mol. The molecule has 2 aromatic carbocycles. The Morgan fingerprint density at radius 2 is 1.58 bits per heavy atom. The van der Waals surface area contributed by atoms with Crippen molar-refractivity contribution in [1.29, 1.82) is 0 Å². The average molecular weight is 460 g/mol. The van der Waals surface area contributed by atoms with Gasteiger partial charge in [-0.1, -0.05) is 0 Å². The number of Topliss-reactive ketones (excluding diaryl/α,β-unsaturated/α-hetero) is 1. The van der Waals surface area contributed by atoms with Crippen LogP contribution in [0.3, 0.4) is 0 Å². The molecule has 0 aliphatic rings. The van der Waals surface area contributed by atoms with Gasteiger partial charge in [-0.15, -0.1) is 0 Å². The van der Waals surface area contributed by atoms with Crippen molar-refractivity contribution in [1.82, 2.24) is 18.7 Å². The van der Waals surface area contributed by atoms with Crippen LogP contribution in [0.5, 0.6) is 0 Å². The third-order valence-corrected chi connectivity index (χ3v) is 5.08. The molecule has 0 spiro atoms. The van der Waals surface area contributed by atoms with Crippen molar-refractivity contribution in [2.45, 2.75) is 26.4 Å². The summed E-state index contributed by atoms with van der Waals surface area (Å²) in [6.07, 6.45) is 1.13. The van der Waals surface area contributed by atoms with Crippen LogP contribution in [0.1, 0.15) is 30.2 Å². The second-order valence-corrected chi connectivity index (χ2v) is 7.58. The SMILES string of the molecule is CC(C)n1c(=O)c2c(ncn2CC(=O)c2ccc(F)c(F)c2)n(-c2ccc(F)c(F)c2)c1=O. The highest BCUT2D eigenvalue weighted by atomic mass is 19.2. The van der Waals surface area contributed by atoms with Crippen molar-refractivity contribution in [3.05, 3.63) is 92.4 Å². The lowest BCUT2D eigenvalue weighted by Crippen LogP contribution is -2.41. The predicted octanol–water partition coefficient (Wildman–Crippen LogP) is 3.37. The molecule has 0 saturated heterocycles. The van der Waals surface area contributed by atoms with Crippen LogP contribution in [0.2, 0.25) is 0 Å². The van der Waals surface area contributed by atoms with Crippen LogP contribution < -0.4 is 11.2 Å². The molecule has 0 bridgehead atoms. The van der Waals surface area contributed by atoms with Crippen LogP contribution >= 0.6 is 0 Å². The number of benzene rings is 2. The first kappa shape index (κ1) is 22.2. The van der Waals surface area contributed by atoms with Gasteiger partial charge in [-0.2, -0.15) is 0 Å². The van der Waals surface area contributed by atoms with Gasteiger partial charge in [0.25, 0.3) is 5.56 Å². The summed E-state index contributed by atoms with van der Waals surface area (Å²) >= 11 is 0. The Balaban J connectivity index is 1.93. The van der Waals surface area contributed by atoms with E-state index in [1.807, 2.05) is 0 Å². The predicted molar refractivity (Wildman–Crippen MR) is 111 cm³/mol. The molecule has 0 radical (unpaired) electrons. The summed E-state index contributed by atoms with van der Waals surface area (Å²) in [5, 5.41) is 0. The molecule has 0 amide bonds. The van der Waals surface area contributed by atoms with Gasteiger partial charge in [-0.3, -0.25) is 14.2 Å². The number of rotatable bonds is 5. The number of ketones is 1. The smallest absolute Gasteiger partial charge is 0.317 e. The van der Waals surface area contributed by atoms with E-state index in [2.05, 4.69) is 4.98 Å². The minimum Gasteiger partial charge on any atom is -0.317 e. The molecule has 33 heavy (non-hydrogen) atoms. The molecule has 0 atom stereocenters. The van der Waals surface area contributed by atoms with Crippen LogP contribution in [0, 0.1) is 23.3 Å². The lowest BCUT2D eigenvalue weighted by atomic mass is 10.1. The van der Waals surface area contributed by atoms with Crippen molar-refractivity contribution in [3.63, 3.8) is 0 Å². The van der Waals surface area contributed by atoms with E-state index in [1.165, 1.54) is 0 Å². The van der Waals surface area contributed by atoms with Gasteiger partial charge in [0.05, 0.1) is 18.6 Å². The van der Waals surface area contributed by atoms with Crippen LogP contribution in [-0.2, 0) is 6.54 Å². The highest BCUT2D eigenvalue weighted by molar-refractivity contribution is 5.96. The maximum Gasteiger partial charge on any atom is 0.337 e. The maximum absolute atomic E-state index is 13.9. The van der Waals surface area contributed by atoms with E-state index in [1.54, 1.807) is 13.8 Å². The highest BCUT2D eigenvalue weighted by Gasteiger charge is 2.22. The Morgan fingerprint density at radius 3 is 2.18 bits per heavy atom. The van der Waals surface area contributed by atoms with Gasteiger partial charge in [0.2, 0.25) is 0 Å². The first-order chi connectivity index (χ1) is 15.6. The van der Waals surface area contributed by atoms with Gasteiger partial charge in [-0.25, -0.2) is 31.9 Å². The summed E-state index contributed by atoms with van der Waals surface area (Å²) in [6.45, 7) is 2.69. The molecule has 4 aromatic rings. The first-order valence-electron chi connectivity index (χ1n) is 9.76. The minimum absolute atomic E-state index is 0.0736. The third-order valence-electron chi connectivity index (χ3n) is 5.08. The molecule has 2 aromatic heterocycles.